The van der Waals surface area contributed by atoms with Crippen LogP contribution in [0.5, 0.6) is 0 Å². The molecule has 1 aliphatic heterocycles. The van der Waals surface area contributed by atoms with E-state index in [-0.39, 0.29) is 6.10 Å². The number of anilines is 1. The predicted molar refractivity (Wildman–Crippen MR) is 74.4 cm³/mol. The quantitative estimate of drug-likeness (QED) is 0.851. The van der Waals surface area contributed by atoms with Crippen LogP contribution >= 0.6 is 0 Å². The van der Waals surface area contributed by atoms with Gasteiger partial charge in [0.05, 0.1) is 11.0 Å². The molecule has 1 heterocycles. The van der Waals surface area contributed by atoms with Crippen molar-refractivity contribution >= 4 is 15.7 Å². The van der Waals surface area contributed by atoms with Gasteiger partial charge in [-0.15, -0.1) is 0 Å². The van der Waals surface area contributed by atoms with Gasteiger partial charge in [0, 0.05) is 25.9 Å². The highest BCUT2D eigenvalue weighted by molar-refractivity contribution is 7.89. The molecule has 0 radical (unpaired) electrons. The number of sulfonamides is 1. The molecule has 0 spiro atoms. The van der Waals surface area contributed by atoms with Gasteiger partial charge < -0.3 is 10.5 Å². The Morgan fingerprint density at radius 2 is 1.95 bits per heavy atom. The van der Waals surface area contributed by atoms with Crippen molar-refractivity contribution in [3.63, 3.8) is 0 Å². The predicted octanol–water partition coefficient (Wildman–Crippen LogP) is 1.38. The summed E-state index contributed by atoms with van der Waals surface area (Å²) in [5.41, 5.74) is 6.92. The number of hydrogen-bond acceptors (Lipinski definition) is 4. The van der Waals surface area contributed by atoms with Crippen LogP contribution in [0.1, 0.15) is 18.4 Å². The number of nitrogen functional groups attached to an aromatic ring is 1. The molecule has 2 N–H and O–H groups in total. The maximum absolute atomic E-state index is 12.6. The molecule has 1 fully saturated rings. The number of benzene rings is 1. The summed E-state index contributed by atoms with van der Waals surface area (Å²) in [6.07, 6.45) is 1.63. The van der Waals surface area contributed by atoms with Crippen LogP contribution in [0.4, 0.5) is 5.69 Å². The Balaban J connectivity index is 2.26. The van der Waals surface area contributed by atoms with Gasteiger partial charge in [-0.3, -0.25) is 0 Å². The summed E-state index contributed by atoms with van der Waals surface area (Å²) < 4.78 is 31.9. The number of piperidine rings is 1. The molecule has 1 aliphatic rings. The Morgan fingerprint density at radius 3 is 2.53 bits per heavy atom. The van der Waals surface area contributed by atoms with Crippen LogP contribution in [0, 0.1) is 6.92 Å². The first-order valence-corrected chi connectivity index (χ1v) is 7.79. The van der Waals surface area contributed by atoms with Gasteiger partial charge in [0.15, 0.2) is 0 Å². The zero-order valence-corrected chi connectivity index (χ0v) is 12.1. The van der Waals surface area contributed by atoms with E-state index < -0.39 is 10.0 Å². The van der Waals surface area contributed by atoms with E-state index in [1.165, 1.54) is 4.31 Å². The topological polar surface area (TPSA) is 72.6 Å². The van der Waals surface area contributed by atoms with Gasteiger partial charge >= 0.3 is 0 Å². The Kier molecular flexibility index (Phi) is 4.13. The van der Waals surface area contributed by atoms with E-state index in [2.05, 4.69) is 0 Å². The molecular formula is C13H20N2O3S. The van der Waals surface area contributed by atoms with Gasteiger partial charge in [-0.1, -0.05) is 6.07 Å². The van der Waals surface area contributed by atoms with Gasteiger partial charge in [0.25, 0.3) is 0 Å². The van der Waals surface area contributed by atoms with Crippen molar-refractivity contribution in [3.05, 3.63) is 23.8 Å². The first-order valence-electron chi connectivity index (χ1n) is 6.35. The minimum atomic E-state index is -3.45. The molecule has 0 unspecified atom stereocenters. The van der Waals surface area contributed by atoms with Crippen molar-refractivity contribution in [2.24, 2.45) is 0 Å². The van der Waals surface area contributed by atoms with Crippen molar-refractivity contribution in [2.75, 3.05) is 25.9 Å². The van der Waals surface area contributed by atoms with Crippen LogP contribution in [0.15, 0.2) is 23.1 Å². The average molecular weight is 284 g/mol. The van der Waals surface area contributed by atoms with Crippen molar-refractivity contribution in [1.29, 1.82) is 0 Å². The Labute approximate surface area is 114 Å². The van der Waals surface area contributed by atoms with Gasteiger partial charge in [-0.05, 0) is 37.5 Å². The molecule has 0 amide bonds. The van der Waals surface area contributed by atoms with Crippen LogP contribution in [-0.2, 0) is 14.8 Å². The molecule has 0 aromatic heterocycles. The first kappa shape index (κ1) is 14.3. The molecule has 6 heteroatoms. The summed E-state index contributed by atoms with van der Waals surface area (Å²) in [6.45, 7) is 2.73. The van der Waals surface area contributed by atoms with Gasteiger partial charge in [-0.25, -0.2) is 8.42 Å². The fourth-order valence-corrected chi connectivity index (χ4v) is 4.08. The lowest BCUT2D eigenvalue weighted by atomic mass is 10.1. The highest BCUT2D eigenvalue weighted by Crippen LogP contribution is 2.26. The standard InChI is InChI=1S/C13H20N2O3S/c1-10-12(14)4-3-5-13(10)19(16,17)15-8-6-11(18-2)7-9-15/h3-5,11H,6-9,14H2,1-2H3. The lowest BCUT2D eigenvalue weighted by Crippen LogP contribution is -2.40. The molecule has 1 saturated heterocycles. The second-order valence-electron chi connectivity index (χ2n) is 4.81. The third kappa shape index (κ3) is 2.75. The smallest absolute Gasteiger partial charge is 0.243 e. The molecule has 5 nitrogen and oxygen atoms in total. The molecule has 19 heavy (non-hydrogen) atoms. The zero-order valence-electron chi connectivity index (χ0n) is 11.3. The van der Waals surface area contributed by atoms with Crippen LogP contribution < -0.4 is 5.73 Å². The van der Waals surface area contributed by atoms with Gasteiger partial charge in [0.2, 0.25) is 10.0 Å². The average Bonchev–Trinajstić information content (AvgIpc) is 2.41. The fourth-order valence-electron chi connectivity index (χ4n) is 2.36. The highest BCUT2D eigenvalue weighted by Gasteiger charge is 2.30. The Morgan fingerprint density at radius 1 is 1.32 bits per heavy atom. The van der Waals surface area contributed by atoms with E-state index >= 15 is 0 Å². The molecule has 0 bridgehead atoms. The molecule has 0 atom stereocenters. The van der Waals surface area contributed by atoms with E-state index in [0.29, 0.717) is 29.2 Å². The molecule has 106 valence electrons. The summed E-state index contributed by atoms with van der Waals surface area (Å²) >= 11 is 0. The second-order valence-corrected chi connectivity index (χ2v) is 6.72. The minimum Gasteiger partial charge on any atom is -0.398 e. The third-order valence-electron chi connectivity index (χ3n) is 3.68. The van der Waals surface area contributed by atoms with Crippen molar-refractivity contribution < 1.29 is 13.2 Å². The fraction of sp³-hybridized carbons (Fsp3) is 0.538. The Hall–Kier alpha value is -1.11. The maximum Gasteiger partial charge on any atom is 0.243 e. The first-order chi connectivity index (χ1) is 8.96. The van der Waals surface area contributed by atoms with E-state index in [1.807, 2.05) is 0 Å². The number of nitrogens with two attached hydrogens (primary N) is 1. The van der Waals surface area contributed by atoms with E-state index in [0.717, 1.165) is 12.8 Å². The zero-order chi connectivity index (χ0) is 14.0. The normalized spacial score (nSPS) is 18.6. The number of ether oxygens (including phenoxy) is 1. The van der Waals surface area contributed by atoms with Crippen LogP contribution in [-0.4, -0.2) is 39.0 Å². The molecule has 1 aromatic rings. The summed E-state index contributed by atoms with van der Waals surface area (Å²) in [6, 6.07) is 5.01. The van der Waals surface area contributed by atoms with Crippen LogP contribution in [0.25, 0.3) is 0 Å². The number of rotatable bonds is 3. The minimum absolute atomic E-state index is 0.161. The van der Waals surface area contributed by atoms with E-state index in [9.17, 15) is 8.42 Å². The van der Waals surface area contributed by atoms with Crippen molar-refractivity contribution in [3.8, 4) is 0 Å². The summed E-state index contributed by atoms with van der Waals surface area (Å²) in [4.78, 5) is 0.309. The number of nitrogens with zero attached hydrogens (tertiary/aromatic N) is 1. The summed E-state index contributed by atoms with van der Waals surface area (Å²) in [5, 5.41) is 0. The molecule has 0 saturated carbocycles. The van der Waals surface area contributed by atoms with Crippen LogP contribution in [0.2, 0.25) is 0 Å². The lowest BCUT2D eigenvalue weighted by molar-refractivity contribution is 0.0604. The molecule has 0 aliphatic carbocycles. The van der Waals surface area contributed by atoms with E-state index in [4.69, 9.17) is 10.5 Å². The number of hydrogen-bond donors (Lipinski definition) is 1. The largest absolute Gasteiger partial charge is 0.398 e. The summed E-state index contributed by atoms with van der Waals surface area (Å²) in [5.74, 6) is 0. The van der Waals surface area contributed by atoms with Crippen molar-refractivity contribution in [2.45, 2.75) is 30.8 Å². The van der Waals surface area contributed by atoms with Crippen molar-refractivity contribution in [1.82, 2.24) is 4.31 Å². The Bertz CT molecular complexity index is 549. The van der Waals surface area contributed by atoms with Gasteiger partial charge in [-0.2, -0.15) is 4.31 Å². The molecular weight excluding hydrogens is 264 g/mol. The molecule has 1 aromatic carbocycles. The number of methoxy groups -OCH3 is 1. The highest BCUT2D eigenvalue weighted by atomic mass is 32.2. The second kappa shape index (κ2) is 5.48. The maximum atomic E-state index is 12.6. The van der Waals surface area contributed by atoms with E-state index in [1.54, 1.807) is 32.2 Å². The van der Waals surface area contributed by atoms with Gasteiger partial charge in [0.1, 0.15) is 0 Å². The monoisotopic (exact) mass is 284 g/mol. The van der Waals surface area contributed by atoms with Crippen LogP contribution in [0.3, 0.4) is 0 Å². The molecule has 2 rings (SSSR count). The SMILES string of the molecule is COC1CCN(S(=O)(=O)c2cccc(N)c2C)CC1. The lowest BCUT2D eigenvalue weighted by Gasteiger charge is -2.30. The third-order valence-corrected chi connectivity index (χ3v) is 5.72. The summed E-state index contributed by atoms with van der Waals surface area (Å²) in [7, 11) is -1.79.